The molecule has 92 valence electrons. The second-order valence-electron chi connectivity index (χ2n) is 4.53. The molecule has 17 heavy (non-hydrogen) atoms. The molecular formula is C13H17IN2O. The Morgan fingerprint density at radius 3 is 2.47 bits per heavy atom. The van der Waals surface area contributed by atoms with Gasteiger partial charge in [0.15, 0.2) is 0 Å². The molecule has 2 rings (SSSR count). The molecule has 1 amide bonds. The van der Waals surface area contributed by atoms with E-state index in [4.69, 9.17) is 0 Å². The van der Waals surface area contributed by atoms with Gasteiger partial charge in [-0.3, -0.25) is 4.79 Å². The summed E-state index contributed by atoms with van der Waals surface area (Å²) in [4.78, 5) is 16.7. The van der Waals surface area contributed by atoms with Crippen molar-refractivity contribution < 1.29 is 4.79 Å². The summed E-state index contributed by atoms with van der Waals surface area (Å²) in [6, 6.07) is 6.00. The number of aryl methyl sites for hydroxylation is 1. The van der Waals surface area contributed by atoms with Crippen LogP contribution in [0.5, 0.6) is 0 Å². The lowest BCUT2D eigenvalue weighted by Crippen LogP contribution is -2.47. The first-order chi connectivity index (χ1) is 8.09. The van der Waals surface area contributed by atoms with E-state index in [-0.39, 0.29) is 5.91 Å². The largest absolute Gasteiger partial charge is 0.336 e. The Hall–Kier alpha value is -0.620. The molecule has 1 saturated heterocycles. The van der Waals surface area contributed by atoms with Crippen molar-refractivity contribution in [1.29, 1.82) is 0 Å². The number of carbonyl (C=O) groups excluding carboxylic acids is 1. The Labute approximate surface area is 116 Å². The Morgan fingerprint density at radius 2 is 1.88 bits per heavy atom. The van der Waals surface area contributed by atoms with Gasteiger partial charge in [0.2, 0.25) is 0 Å². The average Bonchev–Trinajstić information content (AvgIpc) is 2.29. The summed E-state index contributed by atoms with van der Waals surface area (Å²) < 4.78 is 1.05. The Bertz CT molecular complexity index is 405. The predicted molar refractivity (Wildman–Crippen MR) is 77.3 cm³/mol. The highest BCUT2D eigenvalue weighted by atomic mass is 127. The lowest BCUT2D eigenvalue weighted by Gasteiger charge is -2.33. The van der Waals surface area contributed by atoms with Gasteiger partial charge in [-0.2, -0.15) is 0 Å². The first kappa shape index (κ1) is 12.8. The zero-order valence-corrected chi connectivity index (χ0v) is 12.4. The van der Waals surface area contributed by atoms with E-state index in [1.54, 1.807) is 0 Å². The lowest BCUT2D eigenvalue weighted by molar-refractivity contribution is 0.0662. The number of hydrogen-bond acceptors (Lipinski definition) is 2. The first-order valence-electron chi connectivity index (χ1n) is 5.82. The van der Waals surface area contributed by atoms with E-state index < -0.39 is 0 Å². The van der Waals surface area contributed by atoms with Gasteiger partial charge in [0.05, 0.1) is 5.56 Å². The summed E-state index contributed by atoms with van der Waals surface area (Å²) in [5.41, 5.74) is 1.94. The molecule has 1 aromatic rings. The van der Waals surface area contributed by atoms with Gasteiger partial charge in [-0.15, -0.1) is 0 Å². The summed E-state index contributed by atoms with van der Waals surface area (Å²) in [5.74, 6) is 0.181. The maximum Gasteiger partial charge on any atom is 0.255 e. The highest BCUT2D eigenvalue weighted by Gasteiger charge is 2.22. The third-order valence-electron chi connectivity index (χ3n) is 3.23. The number of hydrogen-bond donors (Lipinski definition) is 0. The maximum absolute atomic E-state index is 12.5. The van der Waals surface area contributed by atoms with E-state index in [1.165, 1.54) is 0 Å². The van der Waals surface area contributed by atoms with Crippen LogP contribution in [-0.4, -0.2) is 48.9 Å². The van der Waals surface area contributed by atoms with Gasteiger partial charge in [0.25, 0.3) is 5.91 Å². The van der Waals surface area contributed by atoms with E-state index in [9.17, 15) is 4.79 Å². The highest BCUT2D eigenvalue weighted by Crippen LogP contribution is 2.19. The SMILES string of the molecule is Cc1cccc(I)c1C(=O)N1CCN(C)CC1. The zero-order chi connectivity index (χ0) is 12.4. The molecule has 1 heterocycles. The Kier molecular flexibility index (Phi) is 4.04. The molecule has 4 heteroatoms. The second-order valence-corrected chi connectivity index (χ2v) is 5.69. The summed E-state index contributed by atoms with van der Waals surface area (Å²) in [7, 11) is 2.10. The average molecular weight is 344 g/mol. The number of likely N-dealkylation sites (N-methyl/N-ethyl adjacent to an activating group) is 1. The van der Waals surface area contributed by atoms with Gasteiger partial charge in [-0.05, 0) is 48.2 Å². The molecule has 0 bridgehead atoms. The van der Waals surface area contributed by atoms with Crippen LogP contribution in [0.2, 0.25) is 0 Å². The minimum absolute atomic E-state index is 0.181. The van der Waals surface area contributed by atoms with Gasteiger partial charge in [0.1, 0.15) is 0 Å². The van der Waals surface area contributed by atoms with Crippen LogP contribution in [0.3, 0.4) is 0 Å². The van der Waals surface area contributed by atoms with E-state index >= 15 is 0 Å². The Morgan fingerprint density at radius 1 is 1.24 bits per heavy atom. The monoisotopic (exact) mass is 344 g/mol. The number of benzene rings is 1. The van der Waals surface area contributed by atoms with Crippen LogP contribution < -0.4 is 0 Å². The van der Waals surface area contributed by atoms with E-state index in [1.807, 2.05) is 30.0 Å². The van der Waals surface area contributed by atoms with Crippen LogP contribution in [0.1, 0.15) is 15.9 Å². The second kappa shape index (κ2) is 5.35. The van der Waals surface area contributed by atoms with Crippen LogP contribution in [0.15, 0.2) is 18.2 Å². The Balaban J connectivity index is 2.20. The fourth-order valence-electron chi connectivity index (χ4n) is 2.07. The number of amides is 1. The van der Waals surface area contributed by atoms with E-state index in [0.717, 1.165) is 40.9 Å². The quantitative estimate of drug-likeness (QED) is 0.728. The van der Waals surface area contributed by atoms with Crippen LogP contribution in [0, 0.1) is 10.5 Å². The van der Waals surface area contributed by atoms with Gasteiger partial charge >= 0.3 is 0 Å². The fraction of sp³-hybridized carbons (Fsp3) is 0.462. The number of piperazine rings is 1. The standard InChI is InChI=1S/C13H17IN2O/c1-10-4-3-5-11(14)12(10)13(17)16-8-6-15(2)7-9-16/h3-5H,6-9H2,1-2H3. The molecule has 1 aromatic carbocycles. The molecule has 0 spiro atoms. The predicted octanol–water partition coefficient (Wildman–Crippen LogP) is 1.99. The number of carbonyl (C=O) groups is 1. The fourth-order valence-corrected chi connectivity index (χ4v) is 2.93. The molecule has 1 aliphatic rings. The van der Waals surface area contributed by atoms with Gasteiger partial charge < -0.3 is 9.80 Å². The molecule has 1 aliphatic heterocycles. The minimum Gasteiger partial charge on any atom is -0.336 e. The number of halogens is 1. The highest BCUT2D eigenvalue weighted by molar-refractivity contribution is 14.1. The van der Waals surface area contributed by atoms with Crippen LogP contribution >= 0.6 is 22.6 Å². The van der Waals surface area contributed by atoms with Crippen LogP contribution in [-0.2, 0) is 0 Å². The molecule has 0 aliphatic carbocycles. The lowest BCUT2D eigenvalue weighted by atomic mass is 10.1. The summed E-state index contributed by atoms with van der Waals surface area (Å²) in [5, 5.41) is 0. The van der Waals surface area contributed by atoms with Crippen molar-refractivity contribution in [3.63, 3.8) is 0 Å². The number of rotatable bonds is 1. The summed E-state index contributed by atoms with van der Waals surface area (Å²) in [6.07, 6.45) is 0. The normalized spacial score (nSPS) is 17.2. The van der Waals surface area contributed by atoms with E-state index in [0.29, 0.717) is 0 Å². The maximum atomic E-state index is 12.5. The number of nitrogens with zero attached hydrogens (tertiary/aromatic N) is 2. The van der Waals surface area contributed by atoms with Crippen molar-refractivity contribution in [1.82, 2.24) is 9.80 Å². The zero-order valence-electron chi connectivity index (χ0n) is 10.2. The van der Waals surface area contributed by atoms with Crippen LogP contribution in [0.4, 0.5) is 0 Å². The molecule has 0 unspecified atom stereocenters. The molecular weight excluding hydrogens is 327 g/mol. The molecule has 0 saturated carbocycles. The third kappa shape index (κ3) is 2.80. The van der Waals surface area contributed by atoms with Crippen molar-refractivity contribution in [3.05, 3.63) is 32.9 Å². The smallest absolute Gasteiger partial charge is 0.255 e. The molecule has 1 fully saturated rings. The molecule has 0 atom stereocenters. The first-order valence-corrected chi connectivity index (χ1v) is 6.90. The minimum atomic E-state index is 0.181. The summed E-state index contributed by atoms with van der Waals surface area (Å²) >= 11 is 2.24. The topological polar surface area (TPSA) is 23.6 Å². The van der Waals surface area contributed by atoms with Crippen molar-refractivity contribution in [2.75, 3.05) is 33.2 Å². The van der Waals surface area contributed by atoms with Crippen LogP contribution in [0.25, 0.3) is 0 Å². The molecule has 0 N–H and O–H groups in total. The van der Waals surface area contributed by atoms with Crippen molar-refractivity contribution >= 4 is 28.5 Å². The molecule has 0 aromatic heterocycles. The van der Waals surface area contributed by atoms with Crippen molar-refractivity contribution in [3.8, 4) is 0 Å². The van der Waals surface area contributed by atoms with E-state index in [2.05, 4.69) is 34.5 Å². The third-order valence-corrected chi connectivity index (χ3v) is 4.13. The van der Waals surface area contributed by atoms with Crippen molar-refractivity contribution in [2.45, 2.75) is 6.92 Å². The molecule has 3 nitrogen and oxygen atoms in total. The van der Waals surface area contributed by atoms with Gasteiger partial charge in [0, 0.05) is 29.7 Å². The van der Waals surface area contributed by atoms with Crippen molar-refractivity contribution in [2.24, 2.45) is 0 Å². The molecule has 0 radical (unpaired) electrons. The van der Waals surface area contributed by atoms with Gasteiger partial charge in [-0.1, -0.05) is 12.1 Å². The summed E-state index contributed by atoms with van der Waals surface area (Å²) in [6.45, 7) is 5.60. The van der Waals surface area contributed by atoms with Gasteiger partial charge in [-0.25, -0.2) is 0 Å².